The predicted octanol–water partition coefficient (Wildman–Crippen LogP) is 4.24. The van der Waals surface area contributed by atoms with Crippen LogP contribution in [0.4, 0.5) is 4.79 Å². The van der Waals surface area contributed by atoms with Crippen molar-refractivity contribution in [2.75, 3.05) is 0 Å². The molecule has 1 aromatic carbocycles. The molecule has 0 unspecified atom stereocenters. The molecule has 0 aromatic heterocycles. The molecule has 2 N–H and O–H groups in total. The quantitative estimate of drug-likeness (QED) is 0.711. The Morgan fingerprint density at radius 2 is 1.73 bits per heavy atom. The minimum absolute atomic E-state index is 0.261. The van der Waals surface area contributed by atoms with Crippen LogP contribution in [0.3, 0.4) is 0 Å². The van der Waals surface area contributed by atoms with Gasteiger partial charge in [-0.05, 0) is 72.1 Å². The summed E-state index contributed by atoms with van der Waals surface area (Å²) in [5.74, 6) is 0.782. The molecule has 0 fully saturated rings. The van der Waals surface area contributed by atoms with Crippen molar-refractivity contribution in [3.63, 3.8) is 0 Å². The molecule has 0 radical (unpaired) electrons. The zero-order valence-corrected chi connectivity index (χ0v) is 16.8. The molecule has 0 aliphatic heterocycles. The maximum atomic E-state index is 12.1. The van der Waals surface area contributed by atoms with E-state index in [-0.39, 0.29) is 5.60 Å². The second-order valence-electron chi connectivity index (χ2n) is 8.41. The van der Waals surface area contributed by atoms with Crippen molar-refractivity contribution in [1.82, 2.24) is 5.32 Å². The molecule has 0 saturated carbocycles. The van der Waals surface area contributed by atoms with E-state index in [0.29, 0.717) is 12.8 Å². The van der Waals surface area contributed by atoms with Crippen LogP contribution in [0.15, 0.2) is 36.9 Å². The summed E-state index contributed by atoms with van der Waals surface area (Å²) in [6, 6.07) is 7.18. The van der Waals surface area contributed by atoms with E-state index in [1.807, 2.05) is 45.0 Å². The Morgan fingerprint density at radius 3 is 2.19 bits per heavy atom. The summed E-state index contributed by atoms with van der Waals surface area (Å²) in [6.07, 6.45) is 1.20. The predicted molar refractivity (Wildman–Crippen MR) is 105 cm³/mol. The van der Waals surface area contributed by atoms with Gasteiger partial charge in [-0.1, -0.05) is 18.2 Å². The number of alkyl carbamates (subject to hydrolysis) is 1. The van der Waals surface area contributed by atoms with Gasteiger partial charge in [-0.25, -0.2) is 4.79 Å². The highest BCUT2D eigenvalue weighted by molar-refractivity contribution is 5.68. The second kappa shape index (κ2) is 9.08. The second-order valence-corrected chi connectivity index (χ2v) is 8.41. The third-order valence-electron chi connectivity index (χ3n) is 3.38. The Kier molecular flexibility index (Phi) is 7.69. The molecular formula is C21H33NO4. The molecule has 0 bridgehead atoms. The number of carbonyl (C=O) groups excluding carboxylic acids is 1. The van der Waals surface area contributed by atoms with Gasteiger partial charge in [0.05, 0.1) is 12.1 Å². The van der Waals surface area contributed by atoms with Crippen molar-refractivity contribution >= 4 is 6.09 Å². The normalized spacial score (nSPS) is 14.3. The van der Waals surface area contributed by atoms with Gasteiger partial charge in [-0.2, -0.15) is 0 Å². The zero-order chi connectivity index (χ0) is 20.0. The van der Waals surface area contributed by atoms with Gasteiger partial charge in [-0.3, -0.25) is 0 Å². The summed E-state index contributed by atoms with van der Waals surface area (Å²) in [6.45, 7) is 15.0. The topological polar surface area (TPSA) is 67.8 Å². The minimum Gasteiger partial charge on any atom is -0.488 e. The van der Waals surface area contributed by atoms with Crippen molar-refractivity contribution in [2.45, 2.75) is 77.7 Å². The highest BCUT2D eigenvalue weighted by Crippen LogP contribution is 2.20. The highest BCUT2D eigenvalue weighted by atomic mass is 16.6. The zero-order valence-electron chi connectivity index (χ0n) is 16.8. The van der Waals surface area contributed by atoms with Gasteiger partial charge >= 0.3 is 6.09 Å². The molecule has 1 amide bonds. The molecule has 5 heteroatoms. The number of nitrogens with one attached hydrogen (secondary N) is 1. The number of amides is 1. The number of aliphatic hydroxyl groups excluding tert-OH is 1. The molecule has 5 nitrogen and oxygen atoms in total. The van der Waals surface area contributed by atoms with Crippen molar-refractivity contribution in [2.24, 2.45) is 0 Å². The van der Waals surface area contributed by atoms with Gasteiger partial charge in [0.25, 0.3) is 0 Å². The van der Waals surface area contributed by atoms with E-state index >= 15 is 0 Å². The van der Waals surface area contributed by atoms with Crippen LogP contribution >= 0.6 is 0 Å². The van der Waals surface area contributed by atoms with Crippen LogP contribution in [0, 0.1) is 0 Å². The maximum Gasteiger partial charge on any atom is 0.407 e. The van der Waals surface area contributed by atoms with E-state index in [1.54, 1.807) is 26.8 Å². The Labute approximate surface area is 157 Å². The minimum atomic E-state index is -0.745. The third-order valence-corrected chi connectivity index (χ3v) is 3.38. The molecule has 0 heterocycles. The van der Waals surface area contributed by atoms with Crippen molar-refractivity contribution < 1.29 is 19.4 Å². The molecule has 1 aromatic rings. The van der Waals surface area contributed by atoms with Crippen molar-refractivity contribution in [1.29, 1.82) is 0 Å². The first kappa shape index (κ1) is 22.0. The summed E-state index contributed by atoms with van der Waals surface area (Å²) >= 11 is 0. The first-order chi connectivity index (χ1) is 11.9. The van der Waals surface area contributed by atoms with E-state index in [2.05, 4.69) is 11.9 Å². The Bertz CT molecular complexity index is 582. The number of ether oxygens (including phenoxy) is 2. The first-order valence-corrected chi connectivity index (χ1v) is 8.96. The lowest BCUT2D eigenvalue weighted by Gasteiger charge is -2.26. The number of rotatable bonds is 7. The standard InChI is InChI=1S/C21H33NO4/c1-8-9-18(23)17(22-19(24)26-21(5,6)7)14-15-10-12-16(13-11-15)25-20(2,3)4/h8,10-13,17-18,23H,1,9,14H2,2-7H3,(H,22,24)/t17-,18+/m1/s1. The number of aliphatic hydroxyl groups is 1. The van der Waals surface area contributed by atoms with E-state index < -0.39 is 23.8 Å². The van der Waals surface area contributed by atoms with Crippen LogP contribution in [0.25, 0.3) is 0 Å². The summed E-state index contributed by atoms with van der Waals surface area (Å²) < 4.78 is 11.1. The van der Waals surface area contributed by atoms with Gasteiger partial charge in [0.1, 0.15) is 17.0 Å². The Hall–Kier alpha value is -2.01. The highest BCUT2D eigenvalue weighted by Gasteiger charge is 2.24. The largest absolute Gasteiger partial charge is 0.488 e. The fourth-order valence-corrected chi connectivity index (χ4v) is 2.38. The summed E-state index contributed by atoms with van der Waals surface area (Å²) in [4.78, 5) is 12.1. The van der Waals surface area contributed by atoms with Crippen LogP contribution in [-0.4, -0.2) is 34.5 Å². The van der Waals surface area contributed by atoms with E-state index in [1.165, 1.54) is 0 Å². The van der Waals surface area contributed by atoms with E-state index in [9.17, 15) is 9.90 Å². The van der Waals surface area contributed by atoms with E-state index in [0.717, 1.165) is 11.3 Å². The van der Waals surface area contributed by atoms with Crippen LogP contribution in [0.1, 0.15) is 53.5 Å². The first-order valence-electron chi connectivity index (χ1n) is 8.96. The lowest BCUT2D eigenvalue weighted by molar-refractivity contribution is 0.0425. The van der Waals surface area contributed by atoms with Gasteiger partial charge in [0.15, 0.2) is 0 Å². The lowest BCUT2D eigenvalue weighted by Crippen LogP contribution is -2.46. The third kappa shape index (κ3) is 8.90. The number of benzene rings is 1. The summed E-state index contributed by atoms with van der Waals surface area (Å²) in [5, 5.41) is 13.1. The molecule has 26 heavy (non-hydrogen) atoms. The average molecular weight is 363 g/mol. The monoisotopic (exact) mass is 363 g/mol. The van der Waals surface area contributed by atoms with Crippen molar-refractivity contribution in [3.8, 4) is 5.75 Å². The summed E-state index contributed by atoms with van der Waals surface area (Å²) in [7, 11) is 0. The van der Waals surface area contributed by atoms with Gasteiger partial charge in [-0.15, -0.1) is 6.58 Å². The number of carbonyl (C=O) groups is 1. The molecular weight excluding hydrogens is 330 g/mol. The van der Waals surface area contributed by atoms with E-state index in [4.69, 9.17) is 9.47 Å². The SMILES string of the molecule is C=CC[C@H](O)[C@@H](Cc1ccc(OC(C)(C)C)cc1)NC(=O)OC(C)(C)C. The maximum absolute atomic E-state index is 12.1. The Balaban J connectivity index is 2.82. The van der Waals surface area contributed by atoms with Gasteiger partial charge < -0.3 is 19.9 Å². The average Bonchev–Trinajstić information content (AvgIpc) is 2.45. The molecule has 146 valence electrons. The Morgan fingerprint density at radius 1 is 1.15 bits per heavy atom. The molecule has 0 spiro atoms. The molecule has 2 atom stereocenters. The number of hydrogen-bond donors (Lipinski definition) is 2. The fourth-order valence-electron chi connectivity index (χ4n) is 2.38. The van der Waals surface area contributed by atoms with Crippen LogP contribution in [0.5, 0.6) is 5.75 Å². The molecule has 0 saturated heterocycles. The molecule has 0 aliphatic carbocycles. The van der Waals surface area contributed by atoms with Gasteiger partial charge in [0.2, 0.25) is 0 Å². The fraction of sp³-hybridized carbons (Fsp3) is 0.571. The lowest BCUT2D eigenvalue weighted by atomic mass is 9.99. The van der Waals surface area contributed by atoms with Crippen LogP contribution < -0.4 is 10.1 Å². The smallest absolute Gasteiger partial charge is 0.407 e. The van der Waals surface area contributed by atoms with Crippen LogP contribution in [0.2, 0.25) is 0 Å². The van der Waals surface area contributed by atoms with Crippen molar-refractivity contribution in [3.05, 3.63) is 42.5 Å². The number of hydrogen-bond acceptors (Lipinski definition) is 4. The van der Waals surface area contributed by atoms with Gasteiger partial charge in [0, 0.05) is 0 Å². The molecule has 1 rings (SSSR count). The molecule has 0 aliphatic rings. The summed E-state index contributed by atoms with van der Waals surface area (Å²) in [5.41, 5.74) is 0.127. The van der Waals surface area contributed by atoms with Crippen LogP contribution in [-0.2, 0) is 11.2 Å².